The molecule has 2 aliphatic carbocycles. The van der Waals surface area contributed by atoms with Crippen molar-refractivity contribution in [2.24, 2.45) is 22.7 Å². The number of hydrogen-bond donors (Lipinski definition) is 1. The van der Waals surface area contributed by atoms with Crippen LogP contribution in [0, 0.1) is 22.7 Å². The third kappa shape index (κ3) is 2.46. The molecule has 0 aromatic heterocycles. The van der Waals surface area contributed by atoms with E-state index in [1.54, 1.807) is 0 Å². The van der Waals surface area contributed by atoms with Crippen molar-refractivity contribution in [3.05, 3.63) is 22.8 Å². The minimum atomic E-state index is -1.08. The summed E-state index contributed by atoms with van der Waals surface area (Å²) in [6, 6.07) is 0. The highest BCUT2D eigenvalue weighted by atomic mass is 16.6. The van der Waals surface area contributed by atoms with Gasteiger partial charge in [-0.25, -0.2) is 4.79 Å². The molecule has 5 atom stereocenters. The smallest absolute Gasteiger partial charge is 0.333 e. The van der Waals surface area contributed by atoms with Gasteiger partial charge in [-0.3, -0.25) is 4.79 Å². The predicted octanol–water partition coefficient (Wildman–Crippen LogP) is 3.55. The largest absolute Gasteiger partial charge is 0.429 e. The molecule has 4 heteroatoms. The SMILES string of the molecule is CC1=C(C=O)CC2C1(C)CCC(C)C2(C)CCC1=CC(=O)OC1O. The summed E-state index contributed by atoms with van der Waals surface area (Å²) in [5, 5.41) is 9.83. The second kappa shape index (κ2) is 5.83. The lowest BCUT2D eigenvalue weighted by Crippen LogP contribution is -2.46. The standard InChI is InChI=1S/C20H28O4/c1-12-5-7-20(4)13(2)15(11-21)9-16(20)19(12,3)8-6-14-10-17(22)24-18(14)23/h10-12,16,18,23H,5-9H2,1-4H3. The molecule has 0 saturated heterocycles. The molecular formula is C20H28O4. The van der Waals surface area contributed by atoms with E-state index in [4.69, 9.17) is 4.74 Å². The maximum atomic E-state index is 11.5. The Morgan fingerprint density at radius 1 is 1.42 bits per heavy atom. The van der Waals surface area contributed by atoms with Crippen LogP contribution in [0.25, 0.3) is 0 Å². The first-order valence-corrected chi connectivity index (χ1v) is 8.97. The zero-order chi connectivity index (χ0) is 17.7. The van der Waals surface area contributed by atoms with Gasteiger partial charge in [0.05, 0.1) is 0 Å². The Bertz CT molecular complexity index is 632. The second-order valence-corrected chi connectivity index (χ2v) is 8.40. The number of carbonyl (C=O) groups excluding carboxylic acids is 2. The summed E-state index contributed by atoms with van der Waals surface area (Å²) < 4.78 is 4.80. The van der Waals surface area contributed by atoms with Gasteiger partial charge < -0.3 is 9.84 Å². The number of carbonyl (C=O) groups is 2. The zero-order valence-electron chi connectivity index (χ0n) is 15.1. The van der Waals surface area contributed by atoms with Gasteiger partial charge in [-0.1, -0.05) is 26.3 Å². The Kier molecular flexibility index (Phi) is 4.23. The molecule has 0 aromatic rings. The quantitative estimate of drug-likeness (QED) is 0.632. The van der Waals surface area contributed by atoms with Crippen LogP contribution in [-0.2, 0) is 14.3 Å². The molecule has 0 spiro atoms. The van der Waals surface area contributed by atoms with Crippen molar-refractivity contribution in [1.82, 2.24) is 0 Å². The number of esters is 1. The molecule has 5 unspecified atom stereocenters. The second-order valence-electron chi connectivity index (χ2n) is 8.40. The Hall–Kier alpha value is -1.42. The lowest BCUT2D eigenvalue weighted by atomic mass is 9.50. The molecule has 132 valence electrons. The van der Waals surface area contributed by atoms with Gasteiger partial charge in [0.1, 0.15) is 6.29 Å². The van der Waals surface area contributed by atoms with Gasteiger partial charge in [-0.05, 0) is 67.3 Å². The number of hydrogen-bond acceptors (Lipinski definition) is 4. The number of cyclic esters (lactones) is 1. The molecule has 1 N–H and O–H groups in total. The molecule has 1 heterocycles. The summed E-state index contributed by atoms with van der Waals surface area (Å²) in [5.74, 6) is 0.528. The molecule has 3 aliphatic rings. The van der Waals surface area contributed by atoms with Crippen molar-refractivity contribution in [1.29, 1.82) is 0 Å². The molecule has 4 nitrogen and oxygen atoms in total. The molecule has 0 radical (unpaired) electrons. The Balaban J connectivity index is 1.84. The lowest BCUT2D eigenvalue weighted by Gasteiger charge is -2.54. The van der Waals surface area contributed by atoms with Gasteiger partial charge in [0.15, 0.2) is 0 Å². The van der Waals surface area contributed by atoms with Crippen molar-refractivity contribution in [3.63, 3.8) is 0 Å². The number of fused-ring (bicyclic) bond motifs is 1. The monoisotopic (exact) mass is 332 g/mol. The van der Waals surface area contributed by atoms with Crippen LogP contribution in [0.4, 0.5) is 0 Å². The van der Waals surface area contributed by atoms with Crippen LogP contribution in [0.3, 0.4) is 0 Å². The van der Waals surface area contributed by atoms with Gasteiger partial charge >= 0.3 is 5.97 Å². The topological polar surface area (TPSA) is 63.6 Å². The fourth-order valence-electron chi connectivity index (χ4n) is 5.35. The zero-order valence-corrected chi connectivity index (χ0v) is 15.1. The van der Waals surface area contributed by atoms with E-state index in [-0.39, 0.29) is 10.8 Å². The summed E-state index contributed by atoms with van der Waals surface area (Å²) in [5.41, 5.74) is 3.08. The van der Waals surface area contributed by atoms with Gasteiger partial charge in [0, 0.05) is 11.6 Å². The molecule has 1 fully saturated rings. The molecule has 1 aliphatic heterocycles. The Morgan fingerprint density at radius 3 is 2.71 bits per heavy atom. The average molecular weight is 332 g/mol. The van der Waals surface area contributed by atoms with Crippen LogP contribution < -0.4 is 0 Å². The minimum Gasteiger partial charge on any atom is -0.429 e. The highest BCUT2D eigenvalue weighted by molar-refractivity contribution is 5.85. The third-order valence-corrected chi connectivity index (χ3v) is 7.49. The van der Waals surface area contributed by atoms with Gasteiger partial charge in [-0.15, -0.1) is 0 Å². The van der Waals surface area contributed by atoms with E-state index in [2.05, 4.69) is 27.7 Å². The number of aldehydes is 1. The summed E-state index contributed by atoms with van der Waals surface area (Å²) >= 11 is 0. The van der Waals surface area contributed by atoms with Crippen molar-refractivity contribution in [2.45, 2.75) is 66.1 Å². The Labute approximate surface area is 144 Å². The number of aliphatic hydroxyl groups is 1. The fourth-order valence-corrected chi connectivity index (χ4v) is 5.35. The average Bonchev–Trinajstić information content (AvgIpc) is 3.00. The number of allylic oxidation sites excluding steroid dienone is 2. The number of ether oxygens (including phenoxy) is 1. The lowest BCUT2D eigenvalue weighted by molar-refractivity contribution is -0.151. The third-order valence-electron chi connectivity index (χ3n) is 7.49. The van der Waals surface area contributed by atoms with E-state index in [9.17, 15) is 14.7 Å². The van der Waals surface area contributed by atoms with Crippen molar-refractivity contribution in [2.75, 3.05) is 0 Å². The van der Waals surface area contributed by atoms with Crippen LogP contribution in [0.1, 0.15) is 59.8 Å². The van der Waals surface area contributed by atoms with Crippen LogP contribution in [0.15, 0.2) is 22.8 Å². The van der Waals surface area contributed by atoms with Crippen molar-refractivity contribution in [3.8, 4) is 0 Å². The van der Waals surface area contributed by atoms with E-state index in [0.29, 0.717) is 23.8 Å². The highest BCUT2D eigenvalue weighted by Crippen LogP contribution is 2.64. The maximum absolute atomic E-state index is 11.5. The van der Waals surface area contributed by atoms with Crippen molar-refractivity contribution < 1.29 is 19.4 Å². The van der Waals surface area contributed by atoms with E-state index in [0.717, 1.165) is 37.5 Å². The first kappa shape index (κ1) is 17.4. The summed E-state index contributed by atoms with van der Waals surface area (Å²) in [6.07, 6.45) is 6.07. The predicted molar refractivity (Wildman–Crippen MR) is 90.9 cm³/mol. The normalized spacial score (nSPS) is 42.0. The molecule has 0 bridgehead atoms. The summed E-state index contributed by atoms with van der Waals surface area (Å²) in [6.45, 7) is 9.06. The van der Waals surface area contributed by atoms with E-state index in [1.165, 1.54) is 11.6 Å². The van der Waals surface area contributed by atoms with Crippen LogP contribution in [0.5, 0.6) is 0 Å². The summed E-state index contributed by atoms with van der Waals surface area (Å²) in [4.78, 5) is 22.8. The van der Waals surface area contributed by atoms with Gasteiger partial charge in [-0.2, -0.15) is 0 Å². The van der Waals surface area contributed by atoms with Crippen LogP contribution in [0.2, 0.25) is 0 Å². The van der Waals surface area contributed by atoms with Gasteiger partial charge in [0.2, 0.25) is 6.29 Å². The van der Waals surface area contributed by atoms with E-state index < -0.39 is 12.3 Å². The van der Waals surface area contributed by atoms with E-state index >= 15 is 0 Å². The highest BCUT2D eigenvalue weighted by Gasteiger charge is 2.55. The molecule has 1 saturated carbocycles. The number of rotatable bonds is 4. The van der Waals surface area contributed by atoms with Crippen molar-refractivity contribution >= 4 is 12.3 Å². The maximum Gasteiger partial charge on any atom is 0.333 e. The Morgan fingerprint density at radius 2 is 2.12 bits per heavy atom. The van der Waals surface area contributed by atoms with Crippen LogP contribution >= 0.6 is 0 Å². The fraction of sp³-hybridized carbons (Fsp3) is 0.700. The first-order valence-electron chi connectivity index (χ1n) is 8.97. The number of aliphatic hydroxyl groups excluding tert-OH is 1. The van der Waals surface area contributed by atoms with E-state index in [1.807, 2.05) is 0 Å². The molecule has 24 heavy (non-hydrogen) atoms. The molecule has 3 rings (SSSR count). The minimum absolute atomic E-state index is 0.0746. The molecule has 0 amide bonds. The summed E-state index contributed by atoms with van der Waals surface area (Å²) in [7, 11) is 0. The van der Waals surface area contributed by atoms with Crippen LogP contribution in [-0.4, -0.2) is 23.7 Å². The first-order chi connectivity index (χ1) is 11.2. The molecule has 0 aromatic carbocycles. The van der Waals surface area contributed by atoms with Gasteiger partial charge in [0.25, 0.3) is 0 Å². The molecular weight excluding hydrogens is 304 g/mol.